The highest BCUT2D eigenvalue weighted by Gasteiger charge is 2.22. The Labute approximate surface area is 164 Å². The van der Waals surface area contributed by atoms with Gasteiger partial charge in [0, 0.05) is 18.5 Å². The van der Waals surface area contributed by atoms with Gasteiger partial charge in [-0.2, -0.15) is 0 Å². The van der Waals surface area contributed by atoms with Gasteiger partial charge in [-0.15, -0.1) is 0 Å². The Bertz CT molecular complexity index is 1100. The first-order chi connectivity index (χ1) is 13.5. The molecule has 7 nitrogen and oxygen atoms in total. The van der Waals surface area contributed by atoms with Crippen molar-refractivity contribution in [1.82, 2.24) is 9.97 Å². The number of sulfonamides is 1. The summed E-state index contributed by atoms with van der Waals surface area (Å²) in [6.07, 6.45) is 0. The van der Waals surface area contributed by atoms with E-state index in [-0.39, 0.29) is 4.90 Å². The fraction of sp³-hybridized carbons (Fsp3) is 0.300. The third-order valence-electron chi connectivity index (χ3n) is 4.83. The van der Waals surface area contributed by atoms with Gasteiger partial charge in [0.05, 0.1) is 35.2 Å². The van der Waals surface area contributed by atoms with Crippen molar-refractivity contribution in [3.63, 3.8) is 0 Å². The number of anilines is 2. The number of benzene rings is 2. The molecule has 0 radical (unpaired) electrons. The zero-order valence-electron chi connectivity index (χ0n) is 15.8. The highest BCUT2D eigenvalue weighted by atomic mass is 32.2. The molecule has 2 aromatic carbocycles. The maximum Gasteiger partial charge on any atom is 0.262 e. The van der Waals surface area contributed by atoms with Gasteiger partial charge in [-0.05, 0) is 25.3 Å². The normalized spacial score (nSPS) is 15.0. The molecule has 0 aliphatic carbocycles. The van der Waals surface area contributed by atoms with Crippen LogP contribution in [0.15, 0.2) is 47.4 Å². The van der Waals surface area contributed by atoms with Crippen LogP contribution in [0.2, 0.25) is 0 Å². The van der Waals surface area contributed by atoms with Crippen LogP contribution in [0.4, 0.5) is 11.6 Å². The van der Waals surface area contributed by atoms with E-state index in [1.165, 1.54) is 0 Å². The summed E-state index contributed by atoms with van der Waals surface area (Å²) in [5.74, 6) is 0.603. The van der Waals surface area contributed by atoms with Gasteiger partial charge in [-0.25, -0.2) is 18.4 Å². The van der Waals surface area contributed by atoms with E-state index in [0.29, 0.717) is 41.6 Å². The molecule has 1 saturated heterocycles. The SMILES string of the molecule is Cc1nc(N2CCOCC2)nc(C)c1NS(=O)(=O)c1cccc2ccccc12. The average molecular weight is 398 g/mol. The molecule has 0 atom stereocenters. The molecule has 1 fully saturated rings. The van der Waals surface area contributed by atoms with Gasteiger partial charge in [0.15, 0.2) is 0 Å². The van der Waals surface area contributed by atoms with Crippen molar-refractivity contribution in [3.8, 4) is 0 Å². The average Bonchev–Trinajstić information content (AvgIpc) is 2.71. The van der Waals surface area contributed by atoms with Crippen molar-refractivity contribution in [2.75, 3.05) is 35.9 Å². The van der Waals surface area contributed by atoms with Crippen molar-refractivity contribution >= 4 is 32.4 Å². The summed E-state index contributed by atoms with van der Waals surface area (Å²) in [5, 5.41) is 1.55. The van der Waals surface area contributed by atoms with E-state index < -0.39 is 10.0 Å². The zero-order chi connectivity index (χ0) is 19.7. The number of fused-ring (bicyclic) bond motifs is 1. The summed E-state index contributed by atoms with van der Waals surface area (Å²) in [6, 6.07) is 12.7. The maximum absolute atomic E-state index is 13.1. The monoisotopic (exact) mass is 398 g/mol. The number of aryl methyl sites for hydroxylation is 2. The molecule has 0 bridgehead atoms. The lowest BCUT2D eigenvalue weighted by molar-refractivity contribution is 0.122. The van der Waals surface area contributed by atoms with Crippen LogP contribution in [0, 0.1) is 13.8 Å². The van der Waals surface area contributed by atoms with Gasteiger partial charge < -0.3 is 9.64 Å². The number of ether oxygens (including phenoxy) is 1. The highest BCUT2D eigenvalue weighted by molar-refractivity contribution is 7.93. The van der Waals surface area contributed by atoms with Crippen molar-refractivity contribution in [2.45, 2.75) is 18.7 Å². The smallest absolute Gasteiger partial charge is 0.262 e. The molecule has 1 N–H and O–H groups in total. The Hall–Kier alpha value is -2.71. The van der Waals surface area contributed by atoms with E-state index in [2.05, 4.69) is 14.7 Å². The number of aromatic nitrogens is 2. The highest BCUT2D eigenvalue weighted by Crippen LogP contribution is 2.27. The number of nitrogens with one attached hydrogen (secondary N) is 1. The number of nitrogens with zero attached hydrogens (tertiary/aromatic N) is 3. The Balaban J connectivity index is 1.70. The lowest BCUT2D eigenvalue weighted by Gasteiger charge is -2.27. The summed E-state index contributed by atoms with van der Waals surface area (Å²) < 4.78 is 34.3. The Kier molecular flexibility index (Phi) is 4.91. The first-order valence-corrected chi connectivity index (χ1v) is 10.6. The van der Waals surface area contributed by atoms with Gasteiger partial charge in [0.2, 0.25) is 5.95 Å². The third-order valence-corrected chi connectivity index (χ3v) is 6.24. The number of hydrogen-bond donors (Lipinski definition) is 1. The summed E-state index contributed by atoms with van der Waals surface area (Å²) in [7, 11) is -3.79. The molecule has 1 aliphatic heterocycles. The van der Waals surface area contributed by atoms with Crippen LogP contribution >= 0.6 is 0 Å². The van der Waals surface area contributed by atoms with Gasteiger partial charge in [0.1, 0.15) is 0 Å². The Morgan fingerprint density at radius 3 is 2.32 bits per heavy atom. The van der Waals surface area contributed by atoms with E-state index >= 15 is 0 Å². The fourth-order valence-corrected chi connectivity index (χ4v) is 4.78. The Morgan fingerprint density at radius 2 is 1.61 bits per heavy atom. The molecule has 0 unspecified atom stereocenters. The summed E-state index contributed by atoms with van der Waals surface area (Å²) in [4.78, 5) is 11.3. The van der Waals surface area contributed by atoms with Gasteiger partial charge in [0.25, 0.3) is 10.0 Å². The van der Waals surface area contributed by atoms with Crippen LogP contribution in [0.1, 0.15) is 11.4 Å². The van der Waals surface area contributed by atoms with E-state index in [9.17, 15) is 8.42 Å². The second kappa shape index (κ2) is 7.37. The van der Waals surface area contributed by atoms with E-state index in [4.69, 9.17) is 4.74 Å². The predicted octanol–water partition coefficient (Wildman–Crippen LogP) is 2.88. The lowest BCUT2D eigenvalue weighted by Crippen LogP contribution is -2.37. The molecule has 4 rings (SSSR count). The van der Waals surface area contributed by atoms with Crippen molar-refractivity contribution in [3.05, 3.63) is 53.9 Å². The second-order valence-corrected chi connectivity index (χ2v) is 8.40. The molecule has 0 amide bonds. The molecule has 146 valence electrons. The van der Waals surface area contributed by atoms with Gasteiger partial charge in [-0.1, -0.05) is 36.4 Å². The second-order valence-electron chi connectivity index (χ2n) is 6.75. The van der Waals surface area contributed by atoms with Crippen LogP contribution < -0.4 is 9.62 Å². The molecule has 3 aromatic rings. The molecule has 28 heavy (non-hydrogen) atoms. The molecule has 2 heterocycles. The molecule has 8 heteroatoms. The molecule has 0 saturated carbocycles. The van der Waals surface area contributed by atoms with Crippen LogP contribution in [0.25, 0.3) is 10.8 Å². The molecular formula is C20H22N4O3S. The van der Waals surface area contributed by atoms with Crippen LogP contribution in [0.3, 0.4) is 0 Å². The third kappa shape index (κ3) is 3.53. The van der Waals surface area contributed by atoms with Crippen molar-refractivity contribution in [1.29, 1.82) is 0 Å². The summed E-state index contributed by atoms with van der Waals surface area (Å²) in [5.41, 5.74) is 1.61. The molecule has 1 aliphatic rings. The quantitative estimate of drug-likeness (QED) is 0.727. The summed E-state index contributed by atoms with van der Waals surface area (Å²) >= 11 is 0. The minimum Gasteiger partial charge on any atom is -0.378 e. The molecule has 0 spiro atoms. The van der Waals surface area contributed by atoms with Crippen LogP contribution in [-0.2, 0) is 14.8 Å². The number of hydrogen-bond acceptors (Lipinski definition) is 6. The fourth-order valence-electron chi connectivity index (χ4n) is 3.37. The van der Waals surface area contributed by atoms with E-state index in [0.717, 1.165) is 18.5 Å². The predicted molar refractivity (Wildman–Crippen MR) is 109 cm³/mol. The standard InChI is InChI=1S/C20H22N4O3S/c1-14-19(15(2)22-20(21-14)24-10-12-27-13-11-24)23-28(25,26)18-9-5-7-16-6-3-4-8-17(16)18/h3-9,23H,10-13H2,1-2H3. The van der Waals surface area contributed by atoms with Crippen LogP contribution in [-0.4, -0.2) is 44.7 Å². The molecular weight excluding hydrogens is 376 g/mol. The van der Waals surface area contributed by atoms with Crippen molar-refractivity contribution in [2.24, 2.45) is 0 Å². The minimum absolute atomic E-state index is 0.238. The first-order valence-electron chi connectivity index (χ1n) is 9.14. The van der Waals surface area contributed by atoms with Gasteiger partial charge in [-0.3, -0.25) is 4.72 Å². The number of rotatable bonds is 4. The van der Waals surface area contributed by atoms with Crippen LogP contribution in [0.5, 0.6) is 0 Å². The summed E-state index contributed by atoms with van der Waals surface area (Å²) in [6.45, 7) is 6.30. The molecule has 1 aromatic heterocycles. The van der Waals surface area contributed by atoms with E-state index in [1.807, 2.05) is 35.2 Å². The number of morpholine rings is 1. The van der Waals surface area contributed by atoms with Gasteiger partial charge >= 0.3 is 0 Å². The minimum atomic E-state index is -3.79. The maximum atomic E-state index is 13.1. The van der Waals surface area contributed by atoms with E-state index in [1.54, 1.807) is 26.0 Å². The first kappa shape index (κ1) is 18.6. The Morgan fingerprint density at radius 1 is 0.964 bits per heavy atom. The largest absolute Gasteiger partial charge is 0.378 e. The lowest BCUT2D eigenvalue weighted by atomic mass is 10.1. The zero-order valence-corrected chi connectivity index (χ0v) is 16.7. The topological polar surface area (TPSA) is 84.4 Å². The van der Waals surface area contributed by atoms with Crippen molar-refractivity contribution < 1.29 is 13.2 Å².